The predicted molar refractivity (Wildman–Crippen MR) is 68.2 cm³/mol. The lowest BCUT2D eigenvalue weighted by Crippen LogP contribution is -2.47. The fourth-order valence-corrected chi connectivity index (χ4v) is 2.37. The summed E-state index contributed by atoms with van der Waals surface area (Å²) in [6.45, 7) is 3.78. The summed E-state index contributed by atoms with van der Waals surface area (Å²) >= 11 is 0. The maximum absolute atomic E-state index is 11.9. The second kappa shape index (κ2) is 4.64. The first-order valence-corrected chi connectivity index (χ1v) is 5.89. The number of carboxylic acids is 1. The lowest BCUT2D eigenvalue weighted by Gasteiger charge is -2.34. The van der Waals surface area contributed by atoms with Crippen LogP contribution in [0.4, 0.5) is 0 Å². The predicted octanol–water partition coefficient (Wildman–Crippen LogP) is 2.37. The third-order valence-electron chi connectivity index (χ3n) is 3.24. The Hall–Kier alpha value is -2.10. The van der Waals surface area contributed by atoms with E-state index >= 15 is 0 Å². The maximum Gasteiger partial charge on any atom is 0.336 e. The highest BCUT2D eigenvalue weighted by Gasteiger charge is 2.46. The summed E-state index contributed by atoms with van der Waals surface area (Å²) in [6, 6.07) is 11.0. The van der Waals surface area contributed by atoms with Crippen LogP contribution in [0.15, 0.2) is 48.8 Å². The van der Waals surface area contributed by atoms with Crippen molar-refractivity contribution in [3.05, 3.63) is 54.4 Å². The molecule has 2 rings (SSSR count). The van der Waals surface area contributed by atoms with Crippen molar-refractivity contribution < 1.29 is 9.90 Å². The summed E-state index contributed by atoms with van der Waals surface area (Å²) in [5, 5.41) is 13.9. The number of hydrogen-bond acceptors (Lipinski definition) is 2. The third-order valence-corrected chi connectivity index (χ3v) is 3.24. The minimum atomic E-state index is -1.16. The molecule has 94 valence electrons. The van der Waals surface area contributed by atoms with E-state index in [2.05, 4.69) is 5.10 Å². The van der Waals surface area contributed by atoms with E-state index in [1.54, 1.807) is 18.5 Å². The van der Waals surface area contributed by atoms with Gasteiger partial charge in [-0.15, -0.1) is 0 Å². The molecule has 0 fully saturated rings. The minimum Gasteiger partial charge on any atom is -0.479 e. The smallest absolute Gasteiger partial charge is 0.336 e. The van der Waals surface area contributed by atoms with E-state index in [4.69, 9.17) is 0 Å². The van der Waals surface area contributed by atoms with Gasteiger partial charge in [-0.3, -0.25) is 4.68 Å². The zero-order valence-corrected chi connectivity index (χ0v) is 10.4. The molecule has 4 heteroatoms. The molecule has 0 bridgehead atoms. The van der Waals surface area contributed by atoms with Crippen LogP contribution in [0.3, 0.4) is 0 Å². The van der Waals surface area contributed by atoms with E-state index < -0.39 is 11.5 Å². The summed E-state index contributed by atoms with van der Waals surface area (Å²) in [6.07, 6.45) is 3.30. The van der Waals surface area contributed by atoms with Crippen molar-refractivity contribution in [2.45, 2.75) is 19.4 Å². The molecule has 0 saturated carbocycles. The second-order valence-electron chi connectivity index (χ2n) is 4.54. The minimum absolute atomic E-state index is 0.128. The molecule has 0 amide bonds. The topological polar surface area (TPSA) is 55.1 Å². The van der Waals surface area contributed by atoms with Gasteiger partial charge in [-0.05, 0) is 17.5 Å². The number of carboxylic acid groups (broad SMARTS) is 1. The van der Waals surface area contributed by atoms with E-state index in [1.807, 2.05) is 44.2 Å². The Kier molecular flexibility index (Phi) is 3.19. The molecule has 1 aromatic heterocycles. The number of hydrogen-bond donors (Lipinski definition) is 1. The van der Waals surface area contributed by atoms with E-state index in [0.717, 1.165) is 5.56 Å². The number of carbonyl (C=O) groups is 1. The van der Waals surface area contributed by atoms with Crippen molar-refractivity contribution >= 4 is 5.97 Å². The van der Waals surface area contributed by atoms with Gasteiger partial charge in [0.2, 0.25) is 0 Å². The number of benzene rings is 1. The summed E-state index contributed by atoms with van der Waals surface area (Å²) in [4.78, 5) is 11.9. The summed E-state index contributed by atoms with van der Waals surface area (Å²) in [5.41, 5.74) is -0.429. The molecule has 0 aliphatic carbocycles. The second-order valence-corrected chi connectivity index (χ2v) is 4.54. The molecule has 1 unspecified atom stereocenters. The molecule has 0 aliphatic heterocycles. The fraction of sp³-hybridized carbons (Fsp3) is 0.286. The Labute approximate surface area is 106 Å². The van der Waals surface area contributed by atoms with Crippen LogP contribution in [-0.2, 0) is 10.3 Å². The van der Waals surface area contributed by atoms with E-state index in [1.165, 1.54) is 4.68 Å². The molecule has 1 atom stereocenters. The number of nitrogens with zero attached hydrogens (tertiary/aromatic N) is 2. The molecule has 0 spiro atoms. The lowest BCUT2D eigenvalue weighted by molar-refractivity contribution is -0.148. The monoisotopic (exact) mass is 244 g/mol. The Balaban J connectivity index is 2.70. The molecule has 18 heavy (non-hydrogen) atoms. The first-order chi connectivity index (χ1) is 8.60. The average molecular weight is 244 g/mol. The van der Waals surface area contributed by atoms with Gasteiger partial charge in [0.25, 0.3) is 0 Å². The Morgan fingerprint density at radius 3 is 2.39 bits per heavy atom. The molecule has 0 saturated heterocycles. The molecule has 1 N–H and O–H groups in total. The molecule has 0 radical (unpaired) electrons. The van der Waals surface area contributed by atoms with Crippen molar-refractivity contribution in [3.63, 3.8) is 0 Å². The summed E-state index contributed by atoms with van der Waals surface area (Å²) in [5.74, 6) is -1.02. The lowest BCUT2D eigenvalue weighted by atomic mass is 9.80. The van der Waals surface area contributed by atoms with Crippen molar-refractivity contribution in [2.24, 2.45) is 5.92 Å². The normalized spacial score (nSPS) is 14.4. The van der Waals surface area contributed by atoms with Gasteiger partial charge in [0, 0.05) is 12.4 Å². The van der Waals surface area contributed by atoms with Crippen molar-refractivity contribution in [3.8, 4) is 0 Å². The SMILES string of the molecule is CC(C)C(C(=O)O)(c1ccccc1)n1cccn1. The quantitative estimate of drug-likeness (QED) is 0.898. The largest absolute Gasteiger partial charge is 0.479 e. The van der Waals surface area contributed by atoms with Gasteiger partial charge in [-0.1, -0.05) is 44.2 Å². The van der Waals surface area contributed by atoms with Crippen LogP contribution in [0, 0.1) is 5.92 Å². The van der Waals surface area contributed by atoms with Crippen LogP contribution in [-0.4, -0.2) is 20.9 Å². The van der Waals surface area contributed by atoms with Gasteiger partial charge >= 0.3 is 5.97 Å². The zero-order valence-electron chi connectivity index (χ0n) is 10.4. The molecule has 4 nitrogen and oxygen atoms in total. The molecule has 1 aromatic carbocycles. The molecule has 2 aromatic rings. The van der Waals surface area contributed by atoms with E-state index in [9.17, 15) is 9.90 Å². The van der Waals surface area contributed by atoms with Crippen LogP contribution in [0.5, 0.6) is 0 Å². The number of aromatic nitrogens is 2. The average Bonchev–Trinajstić information content (AvgIpc) is 2.84. The Bertz CT molecular complexity index is 520. The van der Waals surface area contributed by atoms with Crippen LogP contribution in [0.25, 0.3) is 0 Å². The first kappa shape index (κ1) is 12.4. The highest BCUT2D eigenvalue weighted by molar-refractivity contribution is 5.81. The Morgan fingerprint density at radius 2 is 1.94 bits per heavy atom. The molecule has 1 heterocycles. The third kappa shape index (κ3) is 1.70. The standard InChI is InChI=1S/C14H16N2O2/c1-11(2)14(13(17)18,16-10-6-9-15-16)12-7-4-3-5-8-12/h3-11H,1-2H3,(H,17,18). The van der Waals surface area contributed by atoms with Crippen LogP contribution in [0.1, 0.15) is 19.4 Å². The summed E-state index contributed by atoms with van der Waals surface area (Å²) in [7, 11) is 0. The fourth-order valence-electron chi connectivity index (χ4n) is 2.37. The highest BCUT2D eigenvalue weighted by atomic mass is 16.4. The van der Waals surface area contributed by atoms with Crippen molar-refractivity contribution in [1.29, 1.82) is 0 Å². The van der Waals surface area contributed by atoms with Gasteiger partial charge in [-0.25, -0.2) is 4.79 Å². The molecule has 0 aliphatic rings. The van der Waals surface area contributed by atoms with Gasteiger partial charge in [0.1, 0.15) is 0 Å². The van der Waals surface area contributed by atoms with Crippen molar-refractivity contribution in [1.82, 2.24) is 9.78 Å². The van der Waals surface area contributed by atoms with Gasteiger partial charge in [0.15, 0.2) is 5.54 Å². The molecular weight excluding hydrogens is 228 g/mol. The van der Waals surface area contributed by atoms with E-state index in [0.29, 0.717) is 0 Å². The van der Waals surface area contributed by atoms with Crippen LogP contribution in [0.2, 0.25) is 0 Å². The highest BCUT2D eigenvalue weighted by Crippen LogP contribution is 2.33. The Morgan fingerprint density at radius 1 is 1.28 bits per heavy atom. The van der Waals surface area contributed by atoms with Crippen LogP contribution < -0.4 is 0 Å². The van der Waals surface area contributed by atoms with Crippen molar-refractivity contribution in [2.75, 3.05) is 0 Å². The van der Waals surface area contributed by atoms with Gasteiger partial charge in [-0.2, -0.15) is 5.10 Å². The number of rotatable bonds is 4. The first-order valence-electron chi connectivity index (χ1n) is 5.89. The maximum atomic E-state index is 11.9. The van der Waals surface area contributed by atoms with E-state index in [-0.39, 0.29) is 5.92 Å². The number of aliphatic carboxylic acids is 1. The summed E-state index contributed by atoms with van der Waals surface area (Å²) < 4.78 is 1.52. The molecular formula is C14H16N2O2. The zero-order chi connectivity index (χ0) is 13.2. The van der Waals surface area contributed by atoms with Gasteiger partial charge in [0.05, 0.1) is 0 Å². The van der Waals surface area contributed by atoms with Crippen LogP contribution >= 0.6 is 0 Å². The van der Waals surface area contributed by atoms with Gasteiger partial charge < -0.3 is 5.11 Å².